The molecule has 2 saturated heterocycles. The summed E-state index contributed by atoms with van der Waals surface area (Å²) in [5.41, 5.74) is 6.60. The molecule has 2 aliphatic rings. The standard InChI is InChI=1S/C34H45ClN10OS/c1-22(2)24-19-28(30(46-5)20-29(24)45-13-9-23(10-14-45)44-17-15-42(3)16-18-44)40-34-38-21-25(35)33(41-34)39-27-8-7-26-31(37-12-11-36-26)32(27)43(4)47-6/h7-8,11-12,19-23H,9-10,13-18H2,1-6H3,(H2,38,39,40,41). The second-order valence-corrected chi connectivity index (χ2v) is 13.8. The van der Waals surface area contributed by atoms with E-state index in [0.29, 0.717) is 28.7 Å². The number of ether oxygens (including phenoxy) is 1. The van der Waals surface area contributed by atoms with E-state index >= 15 is 0 Å². The number of halogens is 1. The molecule has 0 amide bonds. The highest BCUT2D eigenvalue weighted by Gasteiger charge is 2.28. The van der Waals surface area contributed by atoms with Gasteiger partial charge in [-0.2, -0.15) is 4.98 Å². The Hall–Kier alpha value is -3.58. The van der Waals surface area contributed by atoms with Crippen molar-refractivity contribution in [3.8, 4) is 5.75 Å². The number of anilines is 6. The lowest BCUT2D eigenvalue weighted by Crippen LogP contribution is -2.52. The van der Waals surface area contributed by atoms with Gasteiger partial charge in [0.05, 0.1) is 35.9 Å². The Bertz CT molecular complexity index is 1690. The van der Waals surface area contributed by atoms with Crippen LogP contribution in [0.25, 0.3) is 11.0 Å². The maximum absolute atomic E-state index is 6.63. The number of rotatable bonds is 10. The van der Waals surface area contributed by atoms with E-state index in [4.69, 9.17) is 21.3 Å². The van der Waals surface area contributed by atoms with Gasteiger partial charge in [0.2, 0.25) is 5.95 Å². The second-order valence-electron chi connectivity index (χ2n) is 12.5. The van der Waals surface area contributed by atoms with Gasteiger partial charge in [-0.25, -0.2) is 4.98 Å². The second kappa shape index (κ2) is 14.7. The first-order valence-electron chi connectivity index (χ1n) is 16.2. The number of fused-ring (bicyclic) bond motifs is 1. The van der Waals surface area contributed by atoms with Gasteiger partial charge in [0.1, 0.15) is 16.3 Å². The average Bonchev–Trinajstić information content (AvgIpc) is 3.09. The molecule has 250 valence electrons. The summed E-state index contributed by atoms with van der Waals surface area (Å²) in [4.78, 5) is 26.0. The van der Waals surface area contributed by atoms with Crippen molar-refractivity contribution >= 4 is 69.1 Å². The van der Waals surface area contributed by atoms with Crippen LogP contribution in [0, 0.1) is 0 Å². The highest BCUT2D eigenvalue weighted by molar-refractivity contribution is 7.99. The molecule has 0 saturated carbocycles. The van der Waals surface area contributed by atoms with Crippen LogP contribution in [0.4, 0.5) is 34.5 Å². The third kappa shape index (κ3) is 7.30. The first-order chi connectivity index (χ1) is 22.7. The molecule has 0 unspecified atom stereocenters. The zero-order chi connectivity index (χ0) is 33.1. The predicted molar refractivity (Wildman–Crippen MR) is 196 cm³/mol. The molecule has 0 atom stereocenters. The van der Waals surface area contributed by atoms with Crippen LogP contribution in [0.5, 0.6) is 5.75 Å². The lowest BCUT2D eigenvalue weighted by Gasteiger charge is -2.43. The zero-order valence-electron chi connectivity index (χ0n) is 28.1. The van der Waals surface area contributed by atoms with Crippen LogP contribution in [-0.4, -0.2) is 103 Å². The van der Waals surface area contributed by atoms with E-state index in [1.54, 1.807) is 37.6 Å². The van der Waals surface area contributed by atoms with Crippen LogP contribution in [0.3, 0.4) is 0 Å². The van der Waals surface area contributed by atoms with E-state index in [0.717, 1.165) is 60.0 Å². The molecule has 0 radical (unpaired) electrons. The van der Waals surface area contributed by atoms with E-state index in [1.165, 1.54) is 37.2 Å². The minimum absolute atomic E-state index is 0.318. The number of nitrogens with one attached hydrogen (secondary N) is 2. The fraction of sp³-hybridized carbons (Fsp3) is 0.471. The number of methoxy groups -OCH3 is 1. The fourth-order valence-electron chi connectivity index (χ4n) is 6.54. The maximum Gasteiger partial charge on any atom is 0.229 e. The van der Waals surface area contributed by atoms with Crippen LogP contribution >= 0.6 is 23.5 Å². The van der Waals surface area contributed by atoms with Crippen LogP contribution in [0.1, 0.15) is 38.2 Å². The monoisotopic (exact) mass is 676 g/mol. The summed E-state index contributed by atoms with van der Waals surface area (Å²) >= 11 is 8.21. The molecule has 6 rings (SSSR count). The van der Waals surface area contributed by atoms with Crippen LogP contribution in [0.15, 0.2) is 42.9 Å². The Morgan fingerprint density at radius 1 is 0.979 bits per heavy atom. The number of benzene rings is 2. The molecular formula is C34H45ClN10OS. The smallest absolute Gasteiger partial charge is 0.229 e. The van der Waals surface area contributed by atoms with Crippen molar-refractivity contribution in [2.45, 2.75) is 38.6 Å². The summed E-state index contributed by atoms with van der Waals surface area (Å²) in [6.07, 6.45) is 9.36. The van der Waals surface area contributed by atoms with Gasteiger partial charge in [0.15, 0.2) is 5.82 Å². The quantitative estimate of drug-likeness (QED) is 0.177. The van der Waals surface area contributed by atoms with Gasteiger partial charge in [0.25, 0.3) is 0 Å². The molecule has 2 aliphatic heterocycles. The Kier molecular flexibility index (Phi) is 10.4. The third-order valence-corrected chi connectivity index (χ3v) is 10.3. The Balaban J connectivity index is 1.24. The van der Waals surface area contributed by atoms with E-state index in [9.17, 15) is 0 Å². The minimum atomic E-state index is 0.318. The first kappa shape index (κ1) is 33.3. The van der Waals surface area contributed by atoms with Crippen molar-refractivity contribution < 1.29 is 4.74 Å². The largest absolute Gasteiger partial charge is 0.494 e. The van der Waals surface area contributed by atoms with Crippen LogP contribution in [0.2, 0.25) is 5.02 Å². The molecular weight excluding hydrogens is 632 g/mol. The van der Waals surface area contributed by atoms with Crippen LogP contribution in [-0.2, 0) is 0 Å². The van der Waals surface area contributed by atoms with Gasteiger partial charge in [0, 0.05) is 82.8 Å². The number of piperidine rings is 1. The van der Waals surface area contributed by atoms with Gasteiger partial charge < -0.3 is 29.5 Å². The van der Waals surface area contributed by atoms with Gasteiger partial charge >= 0.3 is 0 Å². The number of likely N-dealkylation sites (N-methyl/N-ethyl adjacent to an activating group) is 1. The Labute approximate surface area is 287 Å². The predicted octanol–water partition coefficient (Wildman–Crippen LogP) is 6.62. The van der Waals surface area contributed by atoms with Gasteiger partial charge in [-0.1, -0.05) is 37.4 Å². The lowest BCUT2D eigenvalue weighted by atomic mass is 9.96. The molecule has 0 bridgehead atoms. The molecule has 47 heavy (non-hydrogen) atoms. The lowest BCUT2D eigenvalue weighted by molar-refractivity contribution is 0.0982. The fourth-order valence-corrected chi connectivity index (χ4v) is 7.05. The summed E-state index contributed by atoms with van der Waals surface area (Å²) in [7, 11) is 5.92. The SMILES string of the molecule is COc1cc(N2CCC(N3CCN(C)CC3)CC2)c(C(C)C)cc1Nc1ncc(Cl)c(Nc2ccc3nccnc3c2N(C)SC)n1. The molecule has 4 heterocycles. The maximum atomic E-state index is 6.63. The summed E-state index contributed by atoms with van der Waals surface area (Å²) in [5, 5.41) is 7.25. The van der Waals surface area contributed by atoms with Crippen molar-refractivity contribution in [1.82, 2.24) is 29.7 Å². The van der Waals surface area contributed by atoms with Crippen molar-refractivity contribution in [1.29, 1.82) is 0 Å². The molecule has 2 fully saturated rings. The number of nitrogens with zero attached hydrogens (tertiary/aromatic N) is 8. The molecule has 13 heteroatoms. The van der Waals surface area contributed by atoms with Crippen molar-refractivity contribution in [3.05, 3.63) is 53.4 Å². The number of piperazine rings is 1. The van der Waals surface area contributed by atoms with E-state index in [1.807, 2.05) is 29.7 Å². The Morgan fingerprint density at radius 2 is 1.72 bits per heavy atom. The summed E-state index contributed by atoms with van der Waals surface area (Å²) in [5.74, 6) is 1.95. The minimum Gasteiger partial charge on any atom is -0.494 e. The van der Waals surface area contributed by atoms with E-state index in [-0.39, 0.29) is 0 Å². The van der Waals surface area contributed by atoms with Crippen LogP contribution < -0.4 is 24.6 Å². The highest BCUT2D eigenvalue weighted by Crippen LogP contribution is 2.41. The van der Waals surface area contributed by atoms with Gasteiger partial charge in [-0.3, -0.25) is 14.9 Å². The van der Waals surface area contributed by atoms with E-state index in [2.05, 4.69) is 73.3 Å². The highest BCUT2D eigenvalue weighted by atomic mass is 35.5. The number of hydrogen-bond acceptors (Lipinski definition) is 12. The molecule has 2 aromatic heterocycles. The average molecular weight is 677 g/mol. The summed E-state index contributed by atoms with van der Waals surface area (Å²) in [6.45, 7) is 11.2. The summed E-state index contributed by atoms with van der Waals surface area (Å²) < 4.78 is 7.98. The normalized spacial score (nSPS) is 16.6. The molecule has 2 aromatic carbocycles. The third-order valence-electron chi connectivity index (χ3n) is 9.28. The van der Waals surface area contributed by atoms with Gasteiger partial charge in [-0.15, -0.1) is 0 Å². The number of aromatic nitrogens is 4. The first-order valence-corrected chi connectivity index (χ1v) is 17.8. The molecule has 11 nitrogen and oxygen atoms in total. The van der Waals surface area contributed by atoms with Crippen molar-refractivity contribution in [3.63, 3.8) is 0 Å². The molecule has 0 aliphatic carbocycles. The topological polar surface area (TPSA) is 97.8 Å². The molecule has 0 spiro atoms. The molecule has 2 N–H and O–H groups in total. The van der Waals surface area contributed by atoms with Gasteiger partial charge in [-0.05, 0) is 49.6 Å². The van der Waals surface area contributed by atoms with E-state index < -0.39 is 0 Å². The van der Waals surface area contributed by atoms with Crippen molar-refractivity contribution in [2.24, 2.45) is 0 Å². The molecule has 4 aromatic rings. The van der Waals surface area contributed by atoms with Crippen molar-refractivity contribution in [2.75, 3.05) is 86.6 Å². The summed E-state index contributed by atoms with van der Waals surface area (Å²) in [6, 6.07) is 8.92. The zero-order valence-corrected chi connectivity index (χ0v) is 29.7. The Morgan fingerprint density at radius 3 is 2.43 bits per heavy atom. The number of hydrogen-bond donors (Lipinski definition) is 2.